The predicted molar refractivity (Wildman–Crippen MR) is 125 cm³/mol. The number of alkyl halides is 3. The van der Waals surface area contributed by atoms with Crippen molar-refractivity contribution in [2.45, 2.75) is 56.8 Å². The van der Waals surface area contributed by atoms with Gasteiger partial charge in [-0.05, 0) is 48.1 Å². The van der Waals surface area contributed by atoms with Gasteiger partial charge in [0.1, 0.15) is 9.84 Å². The van der Waals surface area contributed by atoms with Gasteiger partial charge in [0.05, 0.1) is 11.5 Å². The van der Waals surface area contributed by atoms with Crippen LogP contribution in [0.25, 0.3) is 0 Å². The molecule has 184 valence electrons. The number of fused-ring (bicyclic) bond motifs is 1. The van der Waals surface area contributed by atoms with Gasteiger partial charge in [0.2, 0.25) is 5.91 Å². The van der Waals surface area contributed by atoms with Gasteiger partial charge >= 0.3 is 6.18 Å². The summed E-state index contributed by atoms with van der Waals surface area (Å²) in [5.74, 6) is -1.85. The Morgan fingerprint density at radius 1 is 1.03 bits per heavy atom. The second kappa shape index (κ2) is 8.91. The molecule has 0 bridgehead atoms. The Labute approximate surface area is 198 Å². The van der Waals surface area contributed by atoms with Gasteiger partial charge in [0.25, 0.3) is 0 Å². The number of amides is 1. The number of carbonyl (C=O) groups is 1. The zero-order chi connectivity index (χ0) is 24.7. The average Bonchev–Trinajstić information content (AvgIpc) is 3.02. The highest BCUT2D eigenvalue weighted by Gasteiger charge is 2.43. The fourth-order valence-corrected chi connectivity index (χ4v) is 6.45. The van der Waals surface area contributed by atoms with Gasteiger partial charge in [0, 0.05) is 23.1 Å². The Balaban J connectivity index is 1.46. The standard InChI is InChI=1S/C25H29F3N2O3S/c1-24(2)20-6-4-3-5-18(20)15-21(24)29-19-9-7-16(8-10-19)22(25(26,27)28)30-23(31)17-11-13-34(32,33)14-12-17/h3-10,17,21-22,29H,11-15H2,1-2H3,(H,30,31)/t21?,22-/m0/s1. The van der Waals surface area contributed by atoms with Crippen molar-refractivity contribution in [2.24, 2.45) is 5.92 Å². The summed E-state index contributed by atoms with van der Waals surface area (Å²) in [6.07, 6.45) is -3.77. The van der Waals surface area contributed by atoms with Gasteiger partial charge in [-0.3, -0.25) is 4.79 Å². The highest BCUT2D eigenvalue weighted by atomic mass is 32.2. The van der Waals surface area contributed by atoms with Crippen LogP contribution >= 0.6 is 0 Å². The van der Waals surface area contributed by atoms with E-state index in [1.807, 2.05) is 12.1 Å². The number of anilines is 1. The fourth-order valence-electron chi connectivity index (χ4n) is 4.96. The van der Waals surface area contributed by atoms with Crippen LogP contribution in [0.2, 0.25) is 0 Å². The molecule has 1 heterocycles. The second-order valence-corrected chi connectivity index (χ2v) is 12.1. The molecule has 9 heteroatoms. The van der Waals surface area contributed by atoms with Gasteiger partial charge in [-0.2, -0.15) is 13.2 Å². The Kier molecular flexibility index (Phi) is 6.44. The van der Waals surface area contributed by atoms with Gasteiger partial charge < -0.3 is 10.6 Å². The lowest BCUT2D eigenvalue weighted by atomic mass is 9.83. The summed E-state index contributed by atoms with van der Waals surface area (Å²) in [6, 6.07) is 12.1. The lowest BCUT2D eigenvalue weighted by molar-refractivity contribution is -0.164. The maximum atomic E-state index is 13.8. The number of halogens is 3. The van der Waals surface area contributed by atoms with Crippen LogP contribution in [0.3, 0.4) is 0 Å². The minimum Gasteiger partial charge on any atom is -0.381 e. The Morgan fingerprint density at radius 3 is 2.24 bits per heavy atom. The van der Waals surface area contributed by atoms with Crippen molar-refractivity contribution in [2.75, 3.05) is 16.8 Å². The maximum absolute atomic E-state index is 13.8. The molecule has 1 saturated heterocycles. The monoisotopic (exact) mass is 494 g/mol. The predicted octanol–water partition coefficient (Wildman–Crippen LogP) is 4.55. The summed E-state index contributed by atoms with van der Waals surface area (Å²) in [7, 11) is -3.21. The molecular weight excluding hydrogens is 465 g/mol. The highest BCUT2D eigenvalue weighted by Crippen LogP contribution is 2.40. The molecule has 2 N–H and O–H groups in total. The Morgan fingerprint density at radius 2 is 1.65 bits per heavy atom. The van der Waals surface area contributed by atoms with E-state index in [4.69, 9.17) is 0 Å². The molecular formula is C25H29F3N2O3S. The van der Waals surface area contributed by atoms with E-state index in [1.165, 1.54) is 23.3 Å². The van der Waals surface area contributed by atoms with E-state index in [0.29, 0.717) is 5.69 Å². The first-order valence-corrected chi connectivity index (χ1v) is 13.2. The van der Waals surface area contributed by atoms with E-state index in [-0.39, 0.29) is 41.4 Å². The van der Waals surface area contributed by atoms with Crippen LogP contribution in [0.15, 0.2) is 48.5 Å². The van der Waals surface area contributed by atoms with Crippen LogP contribution in [0.1, 0.15) is 49.4 Å². The minimum absolute atomic E-state index is 0.0428. The Hall–Kier alpha value is -2.55. The molecule has 1 aliphatic heterocycles. The zero-order valence-electron chi connectivity index (χ0n) is 19.2. The summed E-state index contributed by atoms with van der Waals surface area (Å²) in [5, 5.41) is 5.57. The van der Waals surface area contributed by atoms with E-state index in [1.54, 1.807) is 12.1 Å². The molecule has 5 nitrogen and oxygen atoms in total. The van der Waals surface area contributed by atoms with Crippen molar-refractivity contribution in [3.63, 3.8) is 0 Å². The first kappa shape index (κ1) is 24.6. The van der Waals surface area contributed by atoms with Crippen LogP contribution in [-0.4, -0.2) is 38.0 Å². The van der Waals surface area contributed by atoms with E-state index in [2.05, 4.69) is 36.6 Å². The number of rotatable bonds is 5. The number of nitrogens with one attached hydrogen (secondary N) is 2. The molecule has 1 unspecified atom stereocenters. The summed E-state index contributed by atoms with van der Waals surface area (Å²) in [5.41, 5.74) is 3.03. The van der Waals surface area contributed by atoms with E-state index in [0.717, 1.165) is 6.42 Å². The Bertz CT molecular complexity index is 1150. The average molecular weight is 495 g/mol. The molecule has 1 fully saturated rings. The summed E-state index contributed by atoms with van der Waals surface area (Å²) < 4.78 is 64.6. The van der Waals surface area contributed by atoms with Gasteiger partial charge in [-0.15, -0.1) is 0 Å². The third-order valence-electron chi connectivity index (χ3n) is 7.13. The molecule has 2 aromatic rings. The van der Waals surface area contributed by atoms with Crippen molar-refractivity contribution in [1.29, 1.82) is 0 Å². The normalized spacial score (nSPS) is 22.6. The maximum Gasteiger partial charge on any atom is 0.412 e. The van der Waals surface area contributed by atoms with Crippen molar-refractivity contribution in [1.82, 2.24) is 5.32 Å². The van der Waals surface area contributed by atoms with E-state index >= 15 is 0 Å². The first-order valence-electron chi connectivity index (χ1n) is 11.4. The second-order valence-electron chi connectivity index (χ2n) is 9.81. The van der Waals surface area contributed by atoms with Crippen molar-refractivity contribution < 1.29 is 26.4 Å². The molecule has 2 aliphatic rings. The number of benzene rings is 2. The fraction of sp³-hybridized carbons (Fsp3) is 0.480. The lowest BCUT2D eigenvalue weighted by Crippen LogP contribution is -2.43. The highest BCUT2D eigenvalue weighted by molar-refractivity contribution is 7.91. The SMILES string of the molecule is CC1(C)c2ccccc2CC1Nc1ccc([C@H](NC(=O)C2CCS(=O)(=O)CC2)C(F)(F)F)cc1. The van der Waals surface area contributed by atoms with E-state index < -0.39 is 33.9 Å². The molecule has 1 aliphatic carbocycles. The molecule has 0 spiro atoms. The number of carbonyl (C=O) groups excluding carboxylic acids is 1. The summed E-state index contributed by atoms with van der Waals surface area (Å²) >= 11 is 0. The van der Waals surface area contributed by atoms with Crippen LogP contribution in [0, 0.1) is 5.92 Å². The summed E-state index contributed by atoms with van der Waals surface area (Å²) in [6.45, 7) is 4.30. The molecule has 34 heavy (non-hydrogen) atoms. The third-order valence-corrected chi connectivity index (χ3v) is 8.85. The topological polar surface area (TPSA) is 75.3 Å². The van der Waals surface area contributed by atoms with Gasteiger partial charge in [0.15, 0.2) is 6.04 Å². The number of hydrogen-bond acceptors (Lipinski definition) is 4. The molecule has 2 aromatic carbocycles. The van der Waals surface area contributed by atoms with Crippen LogP contribution < -0.4 is 10.6 Å². The molecule has 2 atom stereocenters. The van der Waals surface area contributed by atoms with Gasteiger partial charge in [-0.25, -0.2) is 8.42 Å². The van der Waals surface area contributed by atoms with Crippen LogP contribution in [0.5, 0.6) is 0 Å². The molecule has 1 amide bonds. The largest absolute Gasteiger partial charge is 0.412 e. The van der Waals surface area contributed by atoms with Crippen LogP contribution in [0.4, 0.5) is 18.9 Å². The van der Waals surface area contributed by atoms with Crippen molar-refractivity contribution in [3.8, 4) is 0 Å². The first-order chi connectivity index (χ1) is 15.9. The number of hydrogen-bond donors (Lipinski definition) is 2. The lowest BCUT2D eigenvalue weighted by Gasteiger charge is -2.30. The molecule has 0 saturated carbocycles. The van der Waals surface area contributed by atoms with Gasteiger partial charge in [-0.1, -0.05) is 50.2 Å². The third kappa shape index (κ3) is 5.09. The summed E-state index contributed by atoms with van der Waals surface area (Å²) in [4.78, 5) is 12.5. The number of sulfone groups is 1. The van der Waals surface area contributed by atoms with E-state index in [9.17, 15) is 26.4 Å². The van der Waals surface area contributed by atoms with Crippen LogP contribution in [-0.2, 0) is 26.5 Å². The molecule has 0 aromatic heterocycles. The van der Waals surface area contributed by atoms with Crippen molar-refractivity contribution in [3.05, 3.63) is 65.2 Å². The van der Waals surface area contributed by atoms with Crippen molar-refractivity contribution >= 4 is 21.4 Å². The smallest absolute Gasteiger partial charge is 0.381 e. The quantitative estimate of drug-likeness (QED) is 0.640. The minimum atomic E-state index is -4.68. The zero-order valence-corrected chi connectivity index (χ0v) is 20.0. The molecule has 4 rings (SSSR count). The molecule has 0 radical (unpaired) electrons.